The molecule has 126 valence electrons. The van der Waals surface area contributed by atoms with Crippen molar-refractivity contribution in [2.24, 2.45) is 0 Å². The van der Waals surface area contributed by atoms with Gasteiger partial charge in [-0.1, -0.05) is 35.9 Å². The Morgan fingerprint density at radius 2 is 1.75 bits per heavy atom. The minimum absolute atomic E-state index is 0.125. The van der Waals surface area contributed by atoms with E-state index in [1.54, 1.807) is 37.3 Å². The number of benzene rings is 2. The van der Waals surface area contributed by atoms with Crippen molar-refractivity contribution in [1.82, 2.24) is 0 Å². The number of hydrogen-bond donors (Lipinski definition) is 0. The van der Waals surface area contributed by atoms with Gasteiger partial charge < -0.3 is 9.64 Å². The van der Waals surface area contributed by atoms with Gasteiger partial charge in [0, 0.05) is 5.69 Å². The summed E-state index contributed by atoms with van der Waals surface area (Å²) in [5, 5.41) is 0. The van der Waals surface area contributed by atoms with E-state index in [0.29, 0.717) is 11.3 Å². The van der Waals surface area contributed by atoms with Crippen molar-refractivity contribution in [2.45, 2.75) is 20.3 Å². The van der Waals surface area contributed by atoms with Crippen LogP contribution in [-0.2, 0) is 20.7 Å². The van der Waals surface area contributed by atoms with E-state index in [0.717, 1.165) is 5.56 Å². The lowest BCUT2D eigenvalue weighted by Crippen LogP contribution is -2.37. The highest BCUT2D eigenvalue weighted by Gasteiger charge is 2.21. The minimum Gasteiger partial charge on any atom is -0.465 e. The summed E-state index contributed by atoms with van der Waals surface area (Å²) in [5.74, 6) is -1.30. The molecule has 0 unspecified atom stereocenters. The van der Waals surface area contributed by atoms with Gasteiger partial charge in [0.15, 0.2) is 0 Å². The molecule has 0 saturated carbocycles. The molecule has 2 aromatic rings. The number of ether oxygens (including phenoxy) is 1. The number of carbonyl (C=O) groups excluding carboxylic acids is 2. The smallest absolute Gasteiger partial charge is 0.326 e. The number of nitrogens with zero attached hydrogens (tertiary/aromatic N) is 1. The van der Waals surface area contributed by atoms with Crippen LogP contribution in [0.2, 0.25) is 0 Å². The van der Waals surface area contributed by atoms with Gasteiger partial charge in [0.25, 0.3) is 0 Å². The van der Waals surface area contributed by atoms with E-state index >= 15 is 0 Å². The zero-order valence-corrected chi connectivity index (χ0v) is 13.8. The monoisotopic (exact) mass is 329 g/mol. The topological polar surface area (TPSA) is 46.6 Å². The van der Waals surface area contributed by atoms with Gasteiger partial charge >= 0.3 is 5.97 Å². The van der Waals surface area contributed by atoms with E-state index in [2.05, 4.69) is 0 Å². The molecule has 5 heteroatoms. The van der Waals surface area contributed by atoms with Crippen molar-refractivity contribution < 1.29 is 18.7 Å². The first-order valence-electron chi connectivity index (χ1n) is 7.77. The summed E-state index contributed by atoms with van der Waals surface area (Å²) in [6.07, 6.45) is -0.125. The second-order valence-corrected chi connectivity index (χ2v) is 5.39. The summed E-state index contributed by atoms with van der Waals surface area (Å²) in [6.45, 7) is 3.67. The molecule has 0 aliphatic heterocycles. The Labute approximate surface area is 140 Å². The predicted molar refractivity (Wildman–Crippen MR) is 90.3 cm³/mol. The van der Waals surface area contributed by atoms with Crippen molar-refractivity contribution in [2.75, 3.05) is 18.1 Å². The Bertz CT molecular complexity index is 713. The SMILES string of the molecule is CCOC(=O)CN(C(=O)Cc1ccccc1F)c1ccc(C)cc1. The van der Waals surface area contributed by atoms with Crippen LogP contribution >= 0.6 is 0 Å². The van der Waals surface area contributed by atoms with Gasteiger partial charge in [-0.2, -0.15) is 0 Å². The number of hydrogen-bond acceptors (Lipinski definition) is 3. The lowest BCUT2D eigenvalue weighted by molar-refractivity contribution is -0.142. The molecule has 0 radical (unpaired) electrons. The third-order valence-electron chi connectivity index (χ3n) is 3.54. The largest absolute Gasteiger partial charge is 0.465 e. The summed E-state index contributed by atoms with van der Waals surface area (Å²) in [7, 11) is 0. The summed E-state index contributed by atoms with van der Waals surface area (Å²) in [4.78, 5) is 25.8. The molecule has 0 saturated heterocycles. The highest BCUT2D eigenvalue weighted by atomic mass is 19.1. The Hall–Kier alpha value is -2.69. The molecule has 0 heterocycles. The van der Waals surface area contributed by atoms with Gasteiger partial charge in [-0.3, -0.25) is 9.59 Å². The van der Waals surface area contributed by atoms with Gasteiger partial charge in [0.2, 0.25) is 5.91 Å². The van der Waals surface area contributed by atoms with E-state index in [1.807, 2.05) is 19.1 Å². The number of halogens is 1. The number of esters is 1. The fourth-order valence-electron chi connectivity index (χ4n) is 2.28. The van der Waals surface area contributed by atoms with Crippen molar-refractivity contribution in [3.8, 4) is 0 Å². The quantitative estimate of drug-likeness (QED) is 0.764. The number of aryl methyl sites for hydroxylation is 1. The number of anilines is 1. The van der Waals surface area contributed by atoms with Gasteiger partial charge in [-0.15, -0.1) is 0 Å². The summed E-state index contributed by atoms with van der Waals surface area (Å²) in [6, 6.07) is 13.3. The Kier molecular flexibility index (Phi) is 6.07. The highest BCUT2D eigenvalue weighted by Crippen LogP contribution is 2.18. The van der Waals surface area contributed by atoms with Crippen LogP contribution in [0.1, 0.15) is 18.1 Å². The summed E-state index contributed by atoms with van der Waals surface area (Å²) in [5.41, 5.74) is 1.91. The zero-order chi connectivity index (χ0) is 17.5. The van der Waals surface area contributed by atoms with Crippen LogP contribution in [0.3, 0.4) is 0 Å². The van der Waals surface area contributed by atoms with Crippen LogP contribution < -0.4 is 4.90 Å². The fraction of sp³-hybridized carbons (Fsp3) is 0.263. The van der Waals surface area contributed by atoms with Gasteiger partial charge in [0.05, 0.1) is 13.0 Å². The second kappa shape index (κ2) is 8.24. The van der Waals surface area contributed by atoms with Crippen LogP contribution in [-0.4, -0.2) is 25.0 Å². The second-order valence-electron chi connectivity index (χ2n) is 5.39. The molecule has 0 spiro atoms. The van der Waals surface area contributed by atoms with Gasteiger partial charge in [-0.05, 0) is 37.6 Å². The first-order valence-corrected chi connectivity index (χ1v) is 7.77. The molecule has 2 rings (SSSR count). The third-order valence-corrected chi connectivity index (χ3v) is 3.54. The van der Waals surface area contributed by atoms with Gasteiger partial charge in [0.1, 0.15) is 12.4 Å². The number of amides is 1. The van der Waals surface area contributed by atoms with Crippen LogP contribution in [0.4, 0.5) is 10.1 Å². The van der Waals surface area contributed by atoms with Crippen LogP contribution in [0, 0.1) is 12.7 Å². The van der Waals surface area contributed by atoms with E-state index in [1.165, 1.54) is 11.0 Å². The Morgan fingerprint density at radius 1 is 1.08 bits per heavy atom. The molecule has 0 bridgehead atoms. The van der Waals surface area contributed by atoms with Crippen molar-refractivity contribution in [1.29, 1.82) is 0 Å². The van der Waals surface area contributed by atoms with E-state index < -0.39 is 11.8 Å². The van der Waals surface area contributed by atoms with Crippen molar-refractivity contribution in [3.05, 3.63) is 65.5 Å². The average molecular weight is 329 g/mol. The molecule has 0 aliphatic carbocycles. The van der Waals surface area contributed by atoms with Crippen LogP contribution in [0.15, 0.2) is 48.5 Å². The predicted octanol–water partition coefficient (Wildman–Crippen LogP) is 3.27. The first kappa shape index (κ1) is 17.7. The lowest BCUT2D eigenvalue weighted by atomic mass is 10.1. The first-order chi connectivity index (χ1) is 11.5. The molecular weight excluding hydrogens is 309 g/mol. The van der Waals surface area contributed by atoms with E-state index in [-0.39, 0.29) is 25.5 Å². The normalized spacial score (nSPS) is 10.3. The fourth-order valence-corrected chi connectivity index (χ4v) is 2.28. The molecule has 0 fully saturated rings. The summed E-state index contributed by atoms with van der Waals surface area (Å²) >= 11 is 0. The molecule has 4 nitrogen and oxygen atoms in total. The zero-order valence-electron chi connectivity index (χ0n) is 13.8. The summed E-state index contributed by atoms with van der Waals surface area (Å²) < 4.78 is 18.7. The maximum Gasteiger partial charge on any atom is 0.326 e. The standard InChI is InChI=1S/C19H20FNO3/c1-3-24-19(23)13-21(16-10-8-14(2)9-11-16)18(22)12-15-6-4-5-7-17(15)20/h4-11H,3,12-13H2,1-2H3. The molecule has 0 aliphatic rings. The maximum atomic E-state index is 13.8. The molecule has 0 atom stereocenters. The maximum absolute atomic E-state index is 13.8. The Balaban J connectivity index is 2.23. The Morgan fingerprint density at radius 3 is 2.38 bits per heavy atom. The van der Waals surface area contributed by atoms with E-state index in [9.17, 15) is 14.0 Å². The van der Waals surface area contributed by atoms with Crippen LogP contribution in [0.5, 0.6) is 0 Å². The minimum atomic E-state index is -0.500. The molecule has 24 heavy (non-hydrogen) atoms. The van der Waals surface area contributed by atoms with Crippen molar-refractivity contribution in [3.63, 3.8) is 0 Å². The van der Waals surface area contributed by atoms with Gasteiger partial charge in [-0.25, -0.2) is 4.39 Å². The van der Waals surface area contributed by atoms with E-state index in [4.69, 9.17) is 4.74 Å². The molecule has 0 N–H and O–H groups in total. The molecular formula is C19H20FNO3. The number of carbonyl (C=O) groups is 2. The lowest BCUT2D eigenvalue weighted by Gasteiger charge is -2.22. The van der Waals surface area contributed by atoms with Crippen LogP contribution in [0.25, 0.3) is 0 Å². The van der Waals surface area contributed by atoms with Crippen molar-refractivity contribution >= 4 is 17.6 Å². The average Bonchev–Trinajstić information content (AvgIpc) is 2.56. The third kappa shape index (κ3) is 4.65. The molecule has 0 aromatic heterocycles. The highest BCUT2D eigenvalue weighted by molar-refractivity contribution is 5.98. The molecule has 2 aromatic carbocycles. The number of rotatable bonds is 6. The molecule has 1 amide bonds.